The normalized spacial score (nSPS) is 11.9. The van der Waals surface area contributed by atoms with Gasteiger partial charge in [0.25, 0.3) is 0 Å². The van der Waals surface area contributed by atoms with E-state index in [0.717, 1.165) is 34.6 Å². The van der Waals surface area contributed by atoms with E-state index in [9.17, 15) is 13.2 Å². The molecule has 0 fully saturated rings. The Labute approximate surface area is 189 Å². The predicted octanol–water partition coefficient (Wildman–Crippen LogP) is 3.59. The summed E-state index contributed by atoms with van der Waals surface area (Å²) in [6.07, 6.45) is -4.43. The van der Waals surface area contributed by atoms with Crippen LogP contribution in [0.25, 0.3) is 0 Å². The molecule has 0 saturated heterocycles. The molecule has 2 rings (SSSR count). The van der Waals surface area contributed by atoms with Crippen molar-refractivity contribution < 1.29 is 17.9 Å². The Morgan fingerprint density at radius 1 is 1.21 bits per heavy atom. The highest BCUT2D eigenvalue weighted by Gasteiger charge is 2.33. The fourth-order valence-electron chi connectivity index (χ4n) is 2.21. The maximum absolute atomic E-state index is 12.6. The van der Waals surface area contributed by atoms with Crippen LogP contribution in [0.5, 0.6) is 5.75 Å². The molecule has 0 atom stereocenters. The maximum atomic E-state index is 12.6. The summed E-state index contributed by atoms with van der Waals surface area (Å²) in [5, 5.41) is 7.45. The van der Waals surface area contributed by atoms with E-state index in [4.69, 9.17) is 4.74 Å². The number of likely N-dealkylation sites (N-methyl/N-ethyl adjacent to an activating group) is 1. The average Bonchev–Trinajstić information content (AvgIpc) is 3.12. The number of alkyl halides is 3. The summed E-state index contributed by atoms with van der Waals surface area (Å²) in [5.41, 5.74) is 0.0823. The zero-order valence-corrected chi connectivity index (χ0v) is 19.6. The fourth-order valence-corrected chi connectivity index (χ4v) is 2.95. The number of aliphatic imine (C=N–C) groups is 1. The van der Waals surface area contributed by atoms with Crippen molar-refractivity contribution >= 4 is 41.3 Å². The number of benzene rings is 1. The molecule has 0 saturated carbocycles. The number of guanidine groups is 1. The number of nitrogens with zero attached hydrogens (tertiary/aromatic N) is 3. The van der Waals surface area contributed by atoms with Crippen LogP contribution in [0.4, 0.5) is 13.2 Å². The summed E-state index contributed by atoms with van der Waals surface area (Å²) in [6, 6.07) is 7.67. The van der Waals surface area contributed by atoms with Crippen LogP contribution in [0.2, 0.25) is 0 Å². The van der Waals surface area contributed by atoms with Crippen LogP contribution in [0.3, 0.4) is 0 Å². The standard InChI is InChI=1S/C18H24F3N5OS.HI/c1-22-17(24-11-16-25-15(12-28-16)18(19,20)21)23-10-13-6-4-5-7-14(13)27-9-8-26(2)3;/h4-7,12H,8-11H2,1-3H3,(H2,22,23,24);1H. The second kappa shape index (κ2) is 12.2. The number of aromatic nitrogens is 1. The predicted molar refractivity (Wildman–Crippen MR) is 120 cm³/mol. The van der Waals surface area contributed by atoms with Crippen molar-refractivity contribution in [1.29, 1.82) is 0 Å². The minimum Gasteiger partial charge on any atom is -0.492 e. The van der Waals surface area contributed by atoms with Crippen LogP contribution in [0, 0.1) is 0 Å². The van der Waals surface area contributed by atoms with Gasteiger partial charge in [-0.2, -0.15) is 13.2 Å². The minimum absolute atomic E-state index is 0. The monoisotopic (exact) mass is 543 g/mol. The van der Waals surface area contributed by atoms with Crippen LogP contribution in [0.1, 0.15) is 16.3 Å². The van der Waals surface area contributed by atoms with Gasteiger partial charge < -0.3 is 20.3 Å². The van der Waals surface area contributed by atoms with Gasteiger partial charge in [0.15, 0.2) is 11.7 Å². The van der Waals surface area contributed by atoms with Crippen molar-refractivity contribution in [2.24, 2.45) is 4.99 Å². The molecule has 1 aromatic heterocycles. The Morgan fingerprint density at radius 3 is 2.52 bits per heavy atom. The summed E-state index contributed by atoms with van der Waals surface area (Å²) in [7, 11) is 5.55. The Bertz CT molecular complexity index is 783. The van der Waals surface area contributed by atoms with Crippen LogP contribution >= 0.6 is 35.3 Å². The summed E-state index contributed by atoms with van der Waals surface area (Å²) >= 11 is 0.957. The van der Waals surface area contributed by atoms with E-state index in [-0.39, 0.29) is 30.5 Å². The van der Waals surface area contributed by atoms with Crippen molar-refractivity contribution in [3.8, 4) is 5.75 Å². The van der Waals surface area contributed by atoms with E-state index in [1.54, 1.807) is 7.05 Å². The highest BCUT2D eigenvalue weighted by atomic mass is 127. The van der Waals surface area contributed by atoms with E-state index >= 15 is 0 Å². The van der Waals surface area contributed by atoms with Crippen LogP contribution in [-0.4, -0.2) is 50.1 Å². The van der Waals surface area contributed by atoms with Gasteiger partial charge in [-0.15, -0.1) is 35.3 Å². The molecule has 0 amide bonds. The lowest BCUT2D eigenvalue weighted by molar-refractivity contribution is -0.140. The van der Waals surface area contributed by atoms with E-state index in [1.165, 1.54) is 0 Å². The van der Waals surface area contributed by atoms with E-state index < -0.39 is 11.9 Å². The molecule has 29 heavy (non-hydrogen) atoms. The van der Waals surface area contributed by atoms with Gasteiger partial charge in [-0.05, 0) is 20.2 Å². The number of nitrogens with one attached hydrogen (secondary N) is 2. The van der Waals surface area contributed by atoms with Crippen molar-refractivity contribution in [2.75, 3.05) is 34.3 Å². The lowest BCUT2D eigenvalue weighted by Gasteiger charge is -2.15. The lowest BCUT2D eigenvalue weighted by atomic mass is 10.2. The molecule has 11 heteroatoms. The zero-order valence-electron chi connectivity index (χ0n) is 16.4. The van der Waals surface area contributed by atoms with Gasteiger partial charge in [0.1, 0.15) is 17.4 Å². The van der Waals surface area contributed by atoms with Gasteiger partial charge in [0.05, 0.1) is 6.54 Å². The maximum Gasteiger partial charge on any atom is 0.434 e. The second-order valence-electron chi connectivity index (χ2n) is 6.16. The van der Waals surface area contributed by atoms with Gasteiger partial charge in [-0.3, -0.25) is 4.99 Å². The Kier molecular flexibility index (Phi) is 10.7. The molecule has 0 spiro atoms. The SMILES string of the molecule is CN=C(NCc1nc(C(F)(F)F)cs1)NCc1ccccc1OCCN(C)C.I. The third-order valence-corrected chi connectivity index (χ3v) is 4.54. The van der Waals surface area contributed by atoms with Gasteiger partial charge >= 0.3 is 6.18 Å². The summed E-state index contributed by atoms with van der Waals surface area (Å²) in [4.78, 5) is 9.72. The lowest BCUT2D eigenvalue weighted by Crippen LogP contribution is -2.36. The smallest absolute Gasteiger partial charge is 0.434 e. The number of hydrogen-bond acceptors (Lipinski definition) is 5. The summed E-state index contributed by atoms with van der Waals surface area (Å²) in [5.74, 6) is 1.24. The molecule has 2 N–H and O–H groups in total. The molecule has 2 aromatic rings. The van der Waals surface area contributed by atoms with Gasteiger partial charge in [0, 0.05) is 31.1 Å². The van der Waals surface area contributed by atoms with Crippen molar-refractivity contribution in [3.05, 3.63) is 45.9 Å². The molecule has 0 bridgehead atoms. The first-order chi connectivity index (χ1) is 13.3. The van der Waals surface area contributed by atoms with Gasteiger partial charge in [0.2, 0.25) is 0 Å². The van der Waals surface area contributed by atoms with Crippen LogP contribution in [-0.2, 0) is 19.3 Å². The molecule has 0 aliphatic carbocycles. The Hall–Kier alpha value is -1.60. The average molecular weight is 543 g/mol. The number of halogens is 4. The summed E-state index contributed by atoms with van der Waals surface area (Å²) in [6.45, 7) is 1.99. The molecule has 162 valence electrons. The van der Waals surface area contributed by atoms with E-state index in [0.29, 0.717) is 24.1 Å². The molecule has 1 heterocycles. The molecule has 0 aliphatic heterocycles. The number of para-hydroxylation sites is 1. The van der Waals surface area contributed by atoms with Crippen LogP contribution < -0.4 is 15.4 Å². The number of hydrogen-bond donors (Lipinski definition) is 2. The Balaban J connectivity index is 0.00000420. The highest BCUT2D eigenvalue weighted by Crippen LogP contribution is 2.29. The van der Waals surface area contributed by atoms with E-state index in [1.807, 2.05) is 43.3 Å². The molecule has 1 aromatic carbocycles. The first-order valence-electron chi connectivity index (χ1n) is 8.61. The largest absolute Gasteiger partial charge is 0.492 e. The minimum atomic E-state index is -4.43. The number of rotatable bonds is 8. The zero-order chi connectivity index (χ0) is 20.6. The Morgan fingerprint density at radius 2 is 1.90 bits per heavy atom. The van der Waals surface area contributed by atoms with Crippen molar-refractivity contribution in [1.82, 2.24) is 20.5 Å². The molecular formula is C18H25F3IN5OS. The second-order valence-corrected chi connectivity index (χ2v) is 7.11. The van der Waals surface area contributed by atoms with Crippen molar-refractivity contribution in [3.63, 3.8) is 0 Å². The quantitative estimate of drug-likeness (QED) is 0.303. The van der Waals surface area contributed by atoms with Crippen molar-refractivity contribution in [2.45, 2.75) is 19.3 Å². The molecule has 6 nitrogen and oxygen atoms in total. The molecular weight excluding hydrogens is 518 g/mol. The first-order valence-corrected chi connectivity index (χ1v) is 9.49. The highest BCUT2D eigenvalue weighted by molar-refractivity contribution is 14.0. The van der Waals surface area contributed by atoms with Gasteiger partial charge in [-0.25, -0.2) is 4.98 Å². The van der Waals surface area contributed by atoms with E-state index in [2.05, 4.69) is 20.6 Å². The number of ether oxygens (including phenoxy) is 1. The first kappa shape index (κ1) is 25.4. The third-order valence-electron chi connectivity index (χ3n) is 3.69. The van der Waals surface area contributed by atoms with Crippen LogP contribution in [0.15, 0.2) is 34.6 Å². The fraction of sp³-hybridized carbons (Fsp3) is 0.444. The van der Waals surface area contributed by atoms with Gasteiger partial charge in [-0.1, -0.05) is 18.2 Å². The summed E-state index contributed by atoms with van der Waals surface area (Å²) < 4.78 is 43.7. The molecule has 0 radical (unpaired) electrons. The molecule has 0 aliphatic rings. The molecule has 0 unspecified atom stereocenters. The third kappa shape index (κ3) is 8.74. The topological polar surface area (TPSA) is 61.8 Å². The number of thiazole rings is 1.